The summed E-state index contributed by atoms with van der Waals surface area (Å²) in [4.78, 5) is 2.40. The van der Waals surface area contributed by atoms with Gasteiger partial charge in [-0.05, 0) is 73.3 Å². The van der Waals surface area contributed by atoms with E-state index in [4.69, 9.17) is 4.74 Å². The molecule has 3 nitrogen and oxygen atoms in total. The number of rotatable bonds is 5. The second-order valence-electron chi connectivity index (χ2n) is 8.66. The van der Waals surface area contributed by atoms with E-state index in [1.807, 2.05) is 6.08 Å². The average Bonchev–Trinajstić information content (AvgIpc) is 3.04. The van der Waals surface area contributed by atoms with Crippen molar-refractivity contribution < 1.29 is 10.2 Å². The van der Waals surface area contributed by atoms with E-state index in [2.05, 4.69) is 94.3 Å². The predicted molar refractivity (Wildman–Crippen MR) is 135 cm³/mol. The topological polar surface area (TPSA) is 44.0 Å². The van der Waals surface area contributed by atoms with E-state index < -0.39 is 0 Å². The summed E-state index contributed by atoms with van der Waals surface area (Å²) in [5.74, 6) is 1.91. The molecular formula is C29H35NO2. The van der Waals surface area contributed by atoms with Gasteiger partial charge in [-0.15, -0.1) is 0 Å². The summed E-state index contributed by atoms with van der Waals surface area (Å²) in [6.45, 7) is 20.1. The third-order valence-electron chi connectivity index (χ3n) is 6.78. The summed E-state index contributed by atoms with van der Waals surface area (Å²) >= 11 is 0. The van der Waals surface area contributed by atoms with Gasteiger partial charge in [0.05, 0.1) is 5.41 Å². The Morgan fingerprint density at radius 2 is 1.84 bits per heavy atom. The van der Waals surface area contributed by atoms with Crippen molar-refractivity contribution in [3.05, 3.63) is 107 Å². The van der Waals surface area contributed by atoms with E-state index in [0.717, 1.165) is 37.6 Å². The van der Waals surface area contributed by atoms with Crippen molar-refractivity contribution in [3.63, 3.8) is 0 Å². The Morgan fingerprint density at radius 3 is 2.53 bits per heavy atom. The number of benzene rings is 2. The highest BCUT2D eigenvalue weighted by Crippen LogP contribution is 2.60. The van der Waals surface area contributed by atoms with Crippen molar-refractivity contribution >= 4 is 5.57 Å². The SMILES string of the molecule is C=C/C=C1\C(=C/CN(CC)CC)Oc2cc(C)cc(C)c2C12CC(=C)c1ccccc12.O. The van der Waals surface area contributed by atoms with Crippen LogP contribution >= 0.6 is 0 Å². The van der Waals surface area contributed by atoms with Gasteiger partial charge < -0.3 is 15.1 Å². The van der Waals surface area contributed by atoms with Crippen LogP contribution in [0.25, 0.3) is 5.57 Å². The standard InChI is InChI=1S/C29H33NO.H2O/c1-7-12-25-26(15-16-30(8-2)9-3)31-27-18-20(4)17-21(5)28(27)29(25)19-22(6)23-13-10-11-14-24(23)29;/h7,10-15,17-18H,1,6,8-9,16,19H2,2-5H3;1H2/b25-12+,26-15+;. The van der Waals surface area contributed by atoms with E-state index in [1.165, 1.54) is 39.0 Å². The normalized spacial score (nSPS) is 21.5. The maximum Gasteiger partial charge on any atom is 0.132 e. The molecule has 0 saturated carbocycles. The Kier molecular flexibility index (Phi) is 6.92. The van der Waals surface area contributed by atoms with Crippen LogP contribution in [0, 0.1) is 13.8 Å². The predicted octanol–water partition coefficient (Wildman–Crippen LogP) is 5.91. The minimum Gasteiger partial charge on any atom is -0.457 e. The molecule has 4 rings (SSSR count). The minimum atomic E-state index is -0.303. The van der Waals surface area contributed by atoms with Crippen LogP contribution in [0.3, 0.4) is 0 Å². The quantitative estimate of drug-likeness (QED) is 0.593. The zero-order valence-corrected chi connectivity index (χ0v) is 19.8. The molecule has 2 N–H and O–H groups in total. The van der Waals surface area contributed by atoms with Crippen molar-refractivity contribution in [2.75, 3.05) is 19.6 Å². The second kappa shape index (κ2) is 9.32. The molecule has 1 atom stereocenters. The first-order chi connectivity index (χ1) is 15.0. The third-order valence-corrected chi connectivity index (χ3v) is 6.78. The van der Waals surface area contributed by atoms with Crippen LogP contribution in [-0.4, -0.2) is 30.0 Å². The molecular weight excluding hydrogens is 394 g/mol. The van der Waals surface area contributed by atoms with Gasteiger partial charge in [-0.3, -0.25) is 0 Å². The lowest BCUT2D eigenvalue weighted by atomic mass is 9.65. The first kappa shape index (κ1) is 23.8. The second-order valence-corrected chi connectivity index (χ2v) is 8.66. The zero-order chi connectivity index (χ0) is 22.2. The fourth-order valence-corrected chi connectivity index (χ4v) is 5.40. The van der Waals surface area contributed by atoms with Gasteiger partial charge in [0.2, 0.25) is 0 Å². The molecule has 1 spiro atoms. The van der Waals surface area contributed by atoms with Crippen LogP contribution < -0.4 is 4.74 Å². The Morgan fingerprint density at radius 1 is 1.12 bits per heavy atom. The van der Waals surface area contributed by atoms with Crippen LogP contribution in [0.5, 0.6) is 5.75 Å². The molecule has 0 radical (unpaired) electrons. The molecule has 1 unspecified atom stereocenters. The number of aryl methyl sites for hydroxylation is 2. The summed E-state index contributed by atoms with van der Waals surface area (Å²) in [6.07, 6.45) is 7.14. The first-order valence-electron chi connectivity index (χ1n) is 11.3. The number of allylic oxidation sites excluding steroid dienone is 4. The molecule has 1 heterocycles. The van der Waals surface area contributed by atoms with Gasteiger partial charge in [-0.25, -0.2) is 0 Å². The molecule has 3 heteroatoms. The molecule has 0 saturated heterocycles. The monoisotopic (exact) mass is 429 g/mol. The number of likely N-dealkylation sites (N-methyl/N-ethyl adjacent to an activating group) is 1. The molecule has 0 amide bonds. The van der Waals surface area contributed by atoms with Crippen molar-refractivity contribution in [2.24, 2.45) is 0 Å². The number of nitrogens with zero attached hydrogens (tertiary/aromatic N) is 1. The lowest BCUT2D eigenvalue weighted by Gasteiger charge is -2.41. The van der Waals surface area contributed by atoms with Crippen LogP contribution in [-0.2, 0) is 5.41 Å². The molecule has 0 fully saturated rings. The van der Waals surface area contributed by atoms with Gasteiger partial charge in [0.15, 0.2) is 0 Å². The number of hydrogen-bond acceptors (Lipinski definition) is 2. The number of ether oxygens (including phenoxy) is 1. The molecule has 2 aromatic carbocycles. The van der Waals surface area contributed by atoms with Crippen molar-refractivity contribution in [1.29, 1.82) is 0 Å². The molecule has 1 aliphatic heterocycles. The fourth-order valence-electron chi connectivity index (χ4n) is 5.40. The molecule has 0 bridgehead atoms. The average molecular weight is 430 g/mol. The van der Waals surface area contributed by atoms with E-state index in [-0.39, 0.29) is 10.9 Å². The lowest BCUT2D eigenvalue weighted by Crippen LogP contribution is -2.35. The highest BCUT2D eigenvalue weighted by Gasteiger charge is 2.51. The molecule has 2 aliphatic rings. The number of hydrogen-bond donors (Lipinski definition) is 0. The summed E-state index contributed by atoms with van der Waals surface area (Å²) in [6, 6.07) is 13.2. The van der Waals surface area contributed by atoms with E-state index >= 15 is 0 Å². The van der Waals surface area contributed by atoms with Gasteiger partial charge in [0.1, 0.15) is 11.5 Å². The Balaban J connectivity index is 0.00000289. The van der Waals surface area contributed by atoms with Gasteiger partial charge in [-0.1, -0.05) is 69.5 Å². The van der Waals surface area contributed by atoms with Gasteiger partial charge in [0, 0.05) is 17.7 Å². The molecule has 2 aromatic rings. The van der Waals surface area contributed by atoms with Crippen LogP contribution in [0.15, 0.2) is 79.1 Å². The Bertz CT molecular complexity index is 1100. The lowest BCUT2D eigenvalue weighted by molar-refractivity contribution is 0.325. The maximum absolute atomic E-state index is 6.62. The highest BCUT2D eigenvalue weighted by atomic mass is 16.5. The van der Waals surface area contributed by atoms with Gasteiger partial charge >= 0.3 is 0 Å². The van der Waals surface area contributed by atoms with E-state index in [1.54, 1.807) is 0 Å². The maximum atomic E-state index is 6.62. The van der Waals surface area contributed by atoms with Crippen molar-refractivity contribution in [2.45, 2.75) is 39.5 Å². The number of fused-ring (bicyclic) bond motifs is 4. The summed E-state index contributed by atoms with van der Waals surface area (Å²) in [5, 5.41) is 0. The first-order valence-corrected chi connectivity index (χ1v) is 11.3. The van der Waals surface area contributed by atoms with Crippen LogP contribution in [0.4, 0.5) is 0 Å². The molecule has 0 aromatic heterocycles. The third kappa shape index (κ3) is 3.66. The smallest absolute Gasteiger partial charge is 0.132 e. The largest absolute Gasteiger partial charge is 0.457 e. The summed E-state index contributed by atoms with van der Waals surface area (Å²) in [5.41, 5.74) is 8.38. The minimum absolute atomic E-state index is 0. The molecule has 168 valence electrons. The highest BCUT2D eigenvalue weighted by molar-refractivity contribution is 5.82. The molecule has 1 aliphatic carbocycles. The summed E-state index contributed by atoms with van der Waals surface area (Å²) in [7, 11) is 0. The van der Waals surface area contributed by atoms with Crippen molar-refractivity contribution in [1.82, 2.24) is 4.90 Å². The molecule has 32 heavy (non-hydrogen) atoms. The van der Waals surface area contributed by atoms with E-state index in [9.17, 15) is 0 Å². The summed E-state index contributed by atoms with van der Waals surface area (Å²) < 4.78 is 6.62. The van der Waals surface area contributed by atoms with E-state index in [0.29, 0.717) is 0 Å². The Labute approximate surface area is 192 Å². The fraction of sp³-hybridized carbons (Fsp3) is 0.310. The zero-order valence-electron chi connectivity index (χ0n) is 19.8. The van der Waals surface area contributed by atoms with Crippen LogP contribution in [0.1, 0.15) is 48.1 Å². The Hall–Kier alpha value is -2.88. The van der Waals surface area contributed by atoms with Crippen molar-refractivity contribution in [3.8, 4) is 5.75 Å². The van der Waals surface area contributed by atoms with Gasteiger partial charge in [-0.2, -0.15) is 0 Å². The van der Waals surface area contributed by atoms with Gasteiger partial charge in [0.25, 0.3) is 0 Å². The van der Waals surface area contributed by atoms with Crippen LogP contribution in [0.2, 0.25) is 0 Å².